The molecule has 2 heterocycles. The van der Waals surface area contributed by atoms with Gasteiger partial charge in [-0.25, -0.2) is 0 Å². The van der Waals surface area contributed by atoms with Gasteiger partial charge >= 0.3 is 6.18 Å². The summed E-state index contributed by atoms with van der Waals surface area (Å²) in [6.45, 7) is 0.468. The zero-order chi connectivity index (χ0) is 25.7. The average molecular weight is 497 g/mol. The van der Waals surface area contributed by atoms with Crippen molar-refractivity contribution in [1.82, 2.24) is 10.2 Å². The van der Waals surface area contributed by atoms with E-state index in [2.05, 4.69) is 5.32 Å². The number of amides is 2. The third-order valence-electron chi connectivity index (χ3n) is 5.76. The highest BCUT2D eigenvalue weighted by Gasteiger charge is 2.32. The number of ether oxygens (including phenoxy) is 1. The van der Waals surface area contributed by atoms with E-state index in [0.717, 1.165) is 12.1 Å². The predicted octanol–water partition coefficient (Wildman–Crippen LogP) is 4.84. The Hall–Kier alpha value is -4.26. The number of para-hydroxylation sites is 1. The van der Waals surface area contributed by atoms with Gasteiger partial charge in [-0.2, -0.15) is 18.4 Å². The van der Waals surface area contributed by atoms with Crippen LogP contribution in [0.2, 0.25) is 0 Å². The fourth-order valence-corrected chi connectivity index (χ4v) is 3.92. The smallest absolute Gasteiger partial charge is 0.416 e. The highest BCUT2D eigenvalue weighted by atomic mass is 19.4. The SMILES string of the molecule is N#Cc1ccccc1OCc1ccc(C(=O)NC(CN2CCCC2=O)c2cccc(C(F)(F)F)c2)o1. The van der Waals surface area contributed by atoms with E-state index in [-0.39, 0.29) is 30.4 Å². The summed E-state index contributed by atoms with van der Waals surface area (Å²) < 4.78 is 51.0. The Kier molecular flexibility index (Phi) is 7.29. The van der Waals surface area contributed by atoms with Crippen LogP contribution in [0.15, 0.2) is 65.1 Å². The van der Waals surface area contributed by atoms with Crippen molar-refractivity contribution in [2.75, 3.05) is 13.1 Å². The number of furan rings is 1. The number of hydrogen-bond donors (Lipinski definition) is 1. The maximum absolute atomic E-state index is 13.3. The Morgan fingerprint density at radius 1 is 1.17 bits per heavy atom. The number of likely N-dealkylation sites (tertiary alicyclic amines) is 1. The van der Waals surface area contributed by atoms with Gasteiger partial charge in [-0.15, -0.1) is 0 Å². The number of halogens is 3. The van der Waals surface area contributed by atoms with Crippen LogP contribution in [0.3, 0.4) is 0 Å². The Morgan fingerprint density at radius 3 is 2.69 bits per heavy atom. The topological polar surface area (TPSA) is 95.6 Å². The number of carbonyl (C=O) groups is 2. The number of rotatable bonds is 8. The van der Waals surface area contributed by atoms with E-state index in [4.69, 9.17) is 14.4 Å². The molecule has 0 spiro atoms. The third kappa shape index (κ3) is 5.86. The van der Waals surface area contributed by atoms with E-state index in [1.165, 1.54) is 29.2 Å². The van der Waals surface area contributed by atoms with E-state index in [1.54, 1.807) is 24.3 Å². The van der Waals surface area contributed by atoms with Gasteiger partial charge < -0.3 is 19.4 Å². The first-order chi connectivity index (χ1) is 17.2. The molecule has 1 saturated heterocycles. The van der Waals surface area contributed by atoms with Crippen molar-refractivity contribution in [2.45, 2.75) is 31.7 Å². The Bertz CT molecular complexity index is 1300. The van der Waals surface area contributed by atoms with Gasteiger partial charge in [0.15, 0.2) is 5.76 Å². The van der Waals surface area contributed by atoms with Crippen LogP contribution in [-0.2, 0) is 17.6 Å². The largest absolute Gasteiger partial charge is 0.484 e. The molecule has 36 heavy (non-hydrogen) atoms. The molecule has 1 unspecified atom stereocenters. The summed E-state index contributed by atoms with van der Waals surface area (Å²) in [5.74, 6) is -0.142. The van der Waals surface area contributed by atoms with Crippen molar-refractivity contribution in [3.63, 3.8) is 0 Å². The molecule has 1 aromatic heterocycles. The van der Waals surface area contributed by atoms with Gasteiger partial charge in [0.1, 0.15) is 24.2 Å². The highest BCUT2D eigenvalue weighted by molar-refractivity contribution is 5.91. The Morgan fingerprint density at radius 2 is 1.97 bits per heavy atom. The zero-order valence-corrected chi connectivity index (χ0v) is 19.0. The standard InChI is InChI=1S/C26H22F3N3O4/c27-26(28,29)19-7-3-6-17(13-19)21(15-32-12-4-9-24(32)33)31-25(34)23-11-10-20(36-23)16-35-22-8-2-1-5-18(22)14-30/h1-3,5-8,10-11,13,21H,4,9,12,15-16H2,(H,31,34). The molecule has 2 amide bonds. The minimum Gasteiger partial charge on any atom is -0.484 e. The van der Waals surface area contributed by atoms with Gasteiger partial charge in [-0.1, -0.05) is 24.3 Å². The lowest BCUT2D eigenvalue weighted by Gasteiger charge is -2.25. The first-order valence-electron chi connectivity index (χ1n) is 11.2. The first-order valence-corrected chi connectivity index (χ1v) is 11.2. The molecule has 0 aliphatic carbocycles. The summed E-state index contributed by atoms with van der Waals surface area (Å²) in [7, 11) is 0. The van der Waals surface area contributed by atoms with Crippen molar-refractivity contribution in [1.29, 1.82) is 5.26 Å². The number of nitrogens with zero attached hydrogens (tertiary/aromatic N) is 2. The van der Waals surface area contributed by atoms with E-state index >= 15 is 0 Å². The van der Waals surface area contributed by atoms with Gasteiger partial charge in [0, 0.05) is 19.5 Å². The molecule has 10 heteroatoms. The summed E-state index contributed by atoms with van der Waals surface area (Å²) >= 11 is 0. The summed E-state index contributed by atoms with van der Waals surface area (Å²) in [6.07, 6.45) is -3.54. The third-order valence-corrected chi connectivity index (χ3v) is 5.76. The van der Waals surface area contributed by atoms with Crippen LogP contribution in [0.4, 0.5) is 13.2 Å². The van der Waals surface area contributed by atoms with Crippen LogP contribution in [0.25, 0.3) is 0 Å². The normalized spacial score (nSPS) is 14.4. The minimum absolute atomic E-state index is 0.0352. The van der Waals surface area contributed by atoms with Crippen LogP contribution in [0.1, 0.15) is 51.9 Å². The first kappa shape index (κ1) is 24.9. The van der Waals surface area contributed by atoms with Gasteiger partial charge in [0.05, 0.1) is 17.2 Å². The second-order valence-electron chi connectivity index (χ2n) is 8.26. The van der Waals surface area contributed by atoms with Crippen LogP contribution < -0.4 is 10.1 Å². The number of hydrogen-bond acceptors (Lipinski definition) is 5. The quantitative estimate of drug-likeness (QED) is 0.481. The van der Waals surface area contributed by atoms with Crippen molar-refractivity contribution in [3.8, 4) is 11.8 Å². The second-order valence-corrected chi connectivity index (χ2v) is 8.26. The van der Waals surface area contributed by atoms with Crippen LogP contribution in [0, 0.1) is 11.3 Å². The molecular weight excluding hydrogens is 475 g/mol. The number of nitriles is 1. The molecular formula is C26H22F3N3O4. The van der Waals surface area contributed by atoms with Gasteiger partial charge in [0.2, 0.25) is 5.91 Å². The summed E-state index contributed by atoms with van der Waals surface area (Å²) in [5, 5.41) is 11.9. The van der Waals surface area contributed by atoms with Crippen LogP contribution >= 0.6 is 0 Å². The summed E-state index contributed by atoms with van der Waals surface area (Å²) in [5.41, 5.74) is -0.273. The molecule has 4 rings (SSSR count). The lowest BCUT2D eigenvalue weighted by molar-refractivity contribution is -0.137. The van der Waals surface area contributed by atoms with Crippen LogP contribution in [0.5, 0.6) is 5.75 Å². The molecule has 1 fully saturated rings. The summed E-state index contributed by atoms with van der Waals surface area (Å²) in [4.78, 5) is 26.6. The summed E-state index contributed by atoms with van der Waals surface area (Å²) in [6, 6.07) is 15.4. The molecule has 186 valence electrons. The Balaban J connectivity index is 1.49. The average Bonchev–Trinajstić information content (AvgIpc) is 3.51. The number of nitrogens with one attached hydrogen (secondary N) is 1. The van der Waals surface area contributed by atoms with Crippen molar-refractivity contribution in [3.05, 3.63) is 88.9 Å². The van der Waals surface area contributed by atoms with E-state index in [9.17, 15) is 22.8 Å². The van der Waals surface area contributed by atoms with Crippen LogP contribution in [-0.4, -0.2) is 29.8 Å². The molecule has 1 atom stereocenters. The molecule has 3 aromatic rings. The molecule has 1 N–H and O–H groups in total. The molecule has 2 aromatic carbocycles. The van der Waals surface area contributed by atoms with Gasteiger partial charge in [-0.3, -0.25) is 9.59 Å². The maximum Gasteiger partial charge on any atom is 0.416 e. The van der Waals surface area contributed by atoms with Crippen molar-refractivity contribution in [2.24, 2.45) is 0 Å². The fourth-order valence-electron chi connectivity index (χ4n) is 3.92. The number of alkyl halides is 3. The lowest BCUT2D eigenvalue weighted by Crippen LogP contribution is -2.38. The number of carbonyl (C=O) groups excluding carboxylic acids is 2. The fraction of sp³-hybridized carbons (Fsp3) is 0.269. The Labute approximate surface area is 205 Å². The molecule has 0 radical (unpaired) electrons. The van der Waals surface area contributed by atoms with E-state index < -0.39 is 23.7 Å². The minimum atomic E-state index is -4.55. The van der Waals surface area contributed by atoms with Gasteiger partial charge in [0.25, 0.3) is 5.91 Å². The molecule has 7 nitrogen and oxygen atoms in total. The molecule has 0 bridgehead atoms. The predicted molar refractivity (Wildman–Crippen MR) is 122 cm³/mol. The number of benzene rings is 2. The van der Waals surface area contributed by atoms with Crippen molar-refractivity contribution < 1.29 is 31.9 Å². The highest BCUT2D eigenvalue weighted by Crippen LogP contribution is 2.31. The monoisotopic (exact) mass is 497 g/mol. The maximum atomic E-state index is 13.3. The molecule has 1 aliphatic rings. The lowest BCUT2D eigenvalue weighted by atomic mass is 10.0. The van der Waals surface area contributed by atoms with E-state index in [1.807, 2.05) is 6.07 Å². The van der Waals surface area contributed by atoms with E-state index in [0.29, 0.717) is 36.5 Å². The second kappa shape index (κ2) is 10.6. The molecule has 1 aliphatic heterocycles. The van der Waals surface area contributed by atoms with Gasteiger partial charge in [-0.05, 0) is 48.4 Å². The molecule has 0 saturated carbocycles. The zero-order valence-electron chi connectivity index (χ0n) is 19.0. The van der Waals surface area contributed by atoms with Crippen molar-refractivity contribution >= 4 is 11.8 Å².